The number of ether oxygens (including phenoxy) is 1. The van der Waals surface area contributed by atoms with Crippen LogP contribution in [0.1, 0.15) is 11.1 Å². The van der Waals surface area contributed by atoms with Gasteiger partial charge in [-0.25, -0.2) is 8.42 Å². The van der Waals surface area contributed by atoms with Crippen LogP contribution in [0.15, 0.2) is 71.6 Å². The van der Waals surface area contributed by atoms with Crippen LogP contribution in [0.5, 0.6) is 5.75 Å². The molecule has 3 aromatic rings. The number of hydrogen-bond acceptors (Lipinski definition) is 5. The van der Waals surface area contributed by atoms with Crippen LogP contribution in [0.4, 0.5) is 11.4 Å². The minimum Gasteiger partial charge on any atom is -0.495 e. The third-order valence-corrected chi connectivity index (χ3v) is 8.56. The zero-order valence-electron chi connectivity index (χ0n) is 20.6. The van der Waals surface area contributed by atoms with Crippen molar-refractivity contribution < 1.29 is 17.9 Å². The van der Waals surface area contributed by atoms with E-state index in [1.807, 2.05) is 44.2 Å². The molecule has 1 fully saturated rings. The summed E-state index contributed by atoms with van der Waals surface area (Å²) >= 11 is 5.98. The van der Waals surface area contributed by atoms with Gasteiger partial charge in [0.2, 0.25) is 5.91 Å². The first-order valence-electron chi connectivity index (χ1n) is 11.7. The molecule has 1 aliphatic rings. The lowest BCUT2D eigenvalue weighted by atomic mass is 10.1. The number of aryl methyl sites for hydroxylation is 2. The lowest BCUT2D eigenvalue weighted by Crippen LogP contribution is -2.52. The molecule has 0 bridgehead atoms. The van der Waals surface area contributed by atoms with E-state index >= 15 is 0 Å². The van der Waals surface area contributed by atoms with E-state index in [1.54, 1.807) is 24.1 Å². The highest BCUT2D eigenvalue weighted by Crippen LogP contribution is 2.29. The Bertz CT molecular complexity index is 1340. The molecule has 4 rings (SSSR count). The molecule has 36 heavy (non-hydrogen) atoms. The SMILES string of the molecule is COc1ccccc1N1CCN(C(=O)CN(c2ccc(C)c(C)c2)S(=O)(=O)c2ccc(Cl)cc2)CC1. The molecule has 0 saturated carbocycles. The van der Waals surface area contributed by atoms with Crippen molar-refractivity contribution in [1.82, 2.24) is 4.90 Å². The summed E-state index contributed by atoms with van der Waals surface area (Å²) in [5.74, 6) is 0.540. The number of carbonyl (C=O) groups excluding carboxylic acids is 1. The van der Waals surface area contributed by atoms with Crippen LogP contribution in [0.2, 0.25) is 5.02 Å². The van der Waals surface area contributed by atoms with Gasteiger partial charge in [0.1, 0.15) is 12.3 Å². The van der Waals surface area contributed by atoms with E-state index in [4.69, 9.17) is 16.3 Å². The van der Waals surface area contributed by atoms with E-state index in [9.17, 15) is 13.2 Å². The predicted octanol–water partition coefficient (Wildman–Crippen LogP) is 4.51. The fraction of sp³-hybridized carbons (Fsp3) is 0.296. The summed E-state index contributed by atoms with van der Waals surface area (Å²) in [6, 6.07) is 19.2. The monoisotopic (exact) mass is 527 g/mol. The summed E-state index contributed by atoms with van der Waals surface area (Å²) in [7, 11) is -2.36. The molecule has 0 atom stereocenters. The minimum atomic E-state index is -4.00. The van der Waals surface area contributed by atoms with Crippen molar-refractivity contribution >= 4 is 38.9 Å². The number of methoxy groups -OCH3 is 1. The Morgan fingerprint density at radius 3 is 2.25 bits per heavy atom. The lowest BCUT2D eigenvalue weighted by Gasteiger charge is -2.37. The van der Waals surface area contributed by atoms with Gasteiger partial charge in [0.05, 0.1) is 23.4 Å². The number of anilines is 2. The quantitative estimate of drug-likeness (QED) is 0.452. The standard InChI is InChI=1S/C27H30ClN3O4S/c1-20-8-11-23(18-21(20)2)31(36(33,34)24-12-9-22(28)10-13-24)19-27(32)30-16-14-29(15-17-30)25-6-4-5-7-26(25)35-3/h4-13,18H,14-17,19H2,1-3H3. The Hall–Kier alpha value is -3.23. The summed E-state index contributed by atoms with van der Waals surface area (Å²) in [4.78, 5) is 17.4. The molecule has 1 saturated heterocycles. The molecule has 1 aliphatic heterocycles. The highest BCUT2D eigenvalue weighted by Gasteiger charge is 2.31. The molecule has 0 spiro atoms. The zero-order chi connectivity index (χ0) is 25.9. The fourth-order valence-corrected chi connectivity index (χ4v) is 5.77. The Morgan fingerprint density at radius 2 is 1.61 bits per heavy atom. The van der Waals surface area contributed by atoms with Gasteiger partial charge in [-0.05, 0) is 73.5 Å². The molecule has 1 amide bonds. The van der Waals surface area contributed by atoms with Crippen LogP contribution < -0.4 is 13.9 Å². The molecule has 0 unspecified atom stereocenters. The maximum atomic E-state index is 13.7. The number of amides is 1. The van der Waals surface area contributed by atoms with Gasteiger partial charge in [0, 0.05) is 31.2 Å². The second-order valence-corrected chi connectivity index (χ2v) is 11.1. The maximum absolute atomic E-state index is 13.7. The normalized spacial score (nSPS) is 14.0. The molecular weight excluding hydrogens is 498 g/mol. The van der Waals surface area contributed by atoms with Crippen molar-refractivity contribution in [2.45, 2.75) is 18.7 Å². The second-order valence-electron chi connectivity index (χ2n) is 8.77. The van der Waals surface area contributed by atoms with E-state index in [2.05, 4.69) is 4.90 Å². The van der Waals surface area contributed by atoms with Crippen molar-refractivity contribution in [2.75, 3.05) is 49.0 Å². The van der Waals surface area contributed by atoms with Gasteiger partial charge in [-0.15, -0.1) is 0 Å². The second kappa shape index (κ2) is 10.8. The summed E-state index contributed by atoms with van der Waals surface area (Å²) in [5, 5.41) is 0.440. The van der Waals surface area contributed by atoms with Crippen molar-refractivity contribution in [3.63, 3.8) is 0 Å². The first kappa shape index (κ1) is 25.9. The van der Waals surface area contributed by atoms with Gasteiger partial charge < -0.3 is 14.5 Å². The molecule has 0 aliphatic carbocycles. The van der Waals surface area contributed by atoms with Crippen LogP contribution in [0.3, 0.4) is 0 Å². The molecule has 3 aromatic carbocycles. The maximum Gasteiger partial charge on any atom is 0.264 e. The van der Waals surface area contributed by atoms with Crippen molar-refractivity contribution in [2.24, 2.45) is 0 Å². The number of para-hydroxylation sites is 2. The number of rotatable bonds is 7. The first-order chi connectivity index (χ1) is 17.2. The molecule has 1 heterocycles. The number of halogens is 1. The highest BCUT2D eigenvalue weighted by atomic mass is 35.5. The average Bonchev–Trinajstić information content (AvgIpc) is 2.89. The number of nitrogens with zero attached hydrogens (tertiary/aromatic N) is 3. The summed E-state index contributed by atoms with van der Waals surface area (Å²) in [6.45, 7) is 5.81. The Labute approximate surface area is 217 Å². The third-order valence-electron chi connectivity index (χ3n) is 6.52. The summed E-state index contributed by atoms with van der Waals surface area (Å²) in [5.41, 5.74) is 3.42. The van der Waals surface area contributed by atoms with E-state index in [0.717, 1.165) is 22.6 Å². The average molecular weight is 528 g/mol. The first-order valence-corrected chi connectivity index (χ1v) is 13.5. The van der Waals surface area contributed by atoms with E-state index in [-0.39, 0.29) is 17.3 Å². The van der Waals surface area contributed by atoms with Gasteiger partial charge in [-0.2, -0.15) is 0 Å². The lowest BCUT2D eigenvalue weighted by molar-refractivity contribution is -0.129. The van der Waals surface area contributed by atoms with Crippen molar-refractivity contribution in [3.8, 4) is 5.75 Å². The predicted molar refractivity (Wildman–Crippen MR) is 144 cm³/mol. The molecule has 0 radical (unpaired) electrons. The largest absolute Gasteiger partial charge is 0.495 e. The van der Waals surface area contributed by atoms with Gasteiger partial charge in [-0.3, -0.25) is 9.10 Å². The third kappa shape index (κ3) is 5.44. The number of piperazine rings is 1. The van der Waals surface area contributed by atoms with Gasteiger partial charge in [0.25, 0.3) is 10.0 Å². The zero-order valence-corrected chi connectivity index (χ0v) is 22.2. The molecule has 0 aromatic heterocycles. The van der Waals surface area contributed by atoms with E-state index < -0.39 is 10.0 Å². The van der Waals surface area contributed by atoms with Gasteiger partial charge >= 0.3 is 0 Å². The van der Waals surface area contributed by atoms with Crippen LogP contribution in [0, 0.1) is 13.8 Å². The fourth-order valence-electron chi connectivity index (χ4n) is 4.24. The molecule has 9 heteroatoms. The minimum absolute atomic E-state index is 0.0823. The number of hydrogen-bond donors (Lipinski definition) is 0. The van der Waals surface area contributed by atoms with E-state index in [1.165, 1.54) is 28.6 Å². The number of sulfonamides is 1. The van der Waals surface area contributed by atoms with Crippen LogP contribution in [0.25, 0.3) is 0 Å². The molecular formula is C27H30ClN3O4S. The summed E-state index contributed by atoms with van der Waals surface area (Å²) < 4.78 is 34.0. The Morgan fingerprint density at radius 1 is 0.944 bits per heavy atom. The Kier molecular flexibility index (Phi) is 7.76. The van der Waals surface area contributed by atoms with Gasteiger partial charge in [-0.1, -0.05) is 29.8 Å². The van der Waals surface area contributed by atoms with Crippen molar-refractivity contribution in [3.05, 3.63) is 82.9 Å². The van der Waals surface area contributed by atoms with Gasteiger partial charge in [0.15, 0.2) is 0 Å². The number of carbonyl (C=O) groups is 1. The summed E-state index contributed by atoms with van der Waals surface area (Å²) in [6.07, 6.45) is 0. The Balaban J connectivity index is 1.56. The van der Waals surface area contributed by atoms with Crippen LogP contribution in [-0.4, -0.2) is 59.1 Å². The molecule has 7 nitrogen and oxygen atoms in total. The van der Waals surface area contributed by atoms with Crippen LogP contribution in [-0.2, 0) is 14.8 Å². The topological polar surface area (TPSA) is 70.2 Å². The molecule has 190 valence electrons. The highest BCUT2D eigenvalue weighted by molar-refractivity contribution is 7.92. The smallest absolute Gasteiger partial charge is 0.264 e. The number of benzene rings is 3. The van der Waals surface area contributed by atoms with Crippen molar-refractivity contribution in [1.29, 1.82) is 0 Å². The van der Waals surface area contributed by atoms with Crippen LogP contribution >= 0.6 is 11.6 Å². The molecule has 0 N–H and O–H groups in total. The van der Waals surface area contributed by atoms with E-state index in [0.29, 0.717) is 36.9 Å².